The number of hydrogen-bond donors (Lipinski definition) is 1. The molecular weight excluding hydrogens is 873 g/mol. The van der Waals surface area contributed by atoms with Crippen LogP contribution in [0.2, 0.25) is 0 Å². The maximum absolute atomic E-state index is 14.6. The molecule has 2 aromatic heterocycles. The van der Waals surface area contributed by atoms with Crippen LogP contribution in [-0.4, -0.2) is 129 Å². The lowest BCUT2D eigenvalue weighted by molar-refractivity contribution is -0.159. The highest BCUT2D eigenvalue weighted by atomic mass is 16.5. The van der Waals surface area contributed by atoms with Gasteiger partial charge in [-0.25, -0.2) is 9.48 Å². The Morgan fingerprint density at radius 2 is 1.39 bits per heavy atom. The van der Waals surface area contributed by atoms with Crippen LogP contribution in [0.3, 0.4) is 0 Å². The minimum Gasteiger partial charge on any atom is -0.443 e. The number of piperidine rings is 2. The van der Waals surface area contributed by atoms with E-state index in [1.54, 1.807) is 20.3 Å². The number of urea groups is 1. The molecule has 1 atom stereocenters. The molecule has 3 aliphatic heterocycles. The van der Waals surface area contributed by atoms with Crippen molar-refractivity contribution in [3.05, 3.63) is 75.7 Å². The molecule has 376 valence electrons. The summed E-state index contributed by atoms with van der Waals surface area (Å²) in [7, 11) is 2.17. The monoisotopic (exact) mass is 951 g/mol. The number of nitrogens with zero attached hydrogens (tertiary/aromatic N) is 7. The molecule has 15 nitrogen and oxygen atoms in total. The van der Waals surface area contributed by atoms with Crippen LogP contribution in [0.25, 0.3) is 21.8 Å². The summed E-state index contributed by atoms with van der Waals surface area (Å²) >= 11 is 0. The maximum Gasteiger partial charge on any atom is 0.318 e. The number of para-hydroxylation sites is 1. The van der Waals surface area contributed by atoms with Crippen molar-refractivity contribution in [1.82, 2.24) is 39.3 Å². The normalized spacial score (nSPS) is 17.6. The summed E-state index contributed by atoms with van der Waals surface area (Å²) in [5.41, 5.74) is 2.57. The molecule has 0 aliphatic carbocycles. The second-order valence-electron chi connectivity index (χ2n) is 21.3. The molecule has 3 saturated heterocycles. The molecule has 5 heterocycles. The Morgan fingerprint density at radius 1 is 0.768 bits per heavy atom. The molecule has 0 bridgehead atoms. The maximum atomic E-state index is 14.6. The number of likely N-dealkylation sites (tertiary alicyclic amines) is 2. The number of ether oxygens (including phenoxy) is 2. The number of aryl methyl sites for hydroxylation is 1. The molecule has 3 fully saturated rings. The summed E-state index contributed by atoms with van der Waals surface area (Å²) in [6, 6.07) is 13.1. The minimum atomic E-state index is -0.814. The number of unbranched alkanes of at least 4 members (excludes halogenated alkanes) is 2. The van der Waals surface area contributed by atoms with Crippen LogP contribution in [0, 0.1) is 17.8 Å². The lowest BCUT2D eigenvalue weighted by atomic mass is 9.87. The molecule has 0 spiro atoms. The Morgan fingerprint density at radius 3 is 2.03 bits per heavy atom. The predicted molar refractivity (Wildman–Crippen MR) is 270 cm³/mol. The van der Waals surface area contributed by atoms with E-state index in [1.165, 1.54) is 0 Å². The van der Waals surface area contributed by atoms with E-state index < -0.39 is 16.9 Å². The summed E-state index contributed by atoms with van der Waals surface area (Å²) in [6.45, 7) is 19.4. The van der Waals surface area contributed by atoms with Gasteiger partial charge in [0, 0.05) is 62.7 Å². The fourth-order valence-electron chi connectivity index (χ4n) is 10.5. The quantitative estimate of drug-likeness (QED) is 0.0978. The van der Waals surface area contributed by atoms with E-state index in [9.17, 15) is 24.0 Å². The first kappa shape index (κ1) is 51.6. The number of hydrogen-bond acceptors (Lipinski definition) is 10. The molecule has 2 aromatic carbocycles. The molecule has 3 aliphatic rings. The number of piperazine rings is 1. The Hall–Kier alpha value is -5.28. The Balaban J connectivity index is 1.05. The van der Waals surface area contributed by atoms with E-state index >= 15 is 0 Å². The number of rotatable bonds is 18. The summed E-state index contributed by atoms with van der Waals surface area (Å²) in [5, 5.41) is 9.51. The number of fused-ring (bicyclic) bond motifs is 2. The van der Waals surface area contributed by atoms with E-state index in [2.05, 4.69) is 41.1 Å². The first-order valence-electron chi connectivity index (χ1n) is 25.7. The van der Waals surface area contributed by atoms with Crippen LogP contribution in [0.5, 0.6) is 0 Å². The van der Waals surface area contributed by atoms with Crippen LogP contribution in [-0.2, 0) is 43.7 Å². The van der Waals surface area contributed by atoms with E-state index in [0.717, 1.165) is 98.5 Å². The van der Waals surface area contributed by atoms with Crippen molar-refractivity contribution < 1.29 is 28.7 Å². The third-order valence-electron chi connectivity index (χ3n) is 15.2. The van der Waals surface area contributed by atoms with Gasteiger partial charge in [-0.2, -0.15) is 5.10 Å². The highest BCUT2D eigenvalue weighted by Gasteiger charge is 2.35. The van der Waals surface area contributed by atoms with Gasteiger partial charge in [-0.15, -0.1) is 0 Å². The van der Waals surface area contributed by atoms with Crippen LogP contribution in [0.4, 0.5) is 4.79 Å². The molecule has 3 amide bonds. The summed E-state index contributed by atoms with van der Waals surface area (Å²) in [6.07, 6.45) is 10.7. The lowest BCUT2D eigenvalue weighted by Gasteiger charge is -2.43. The zero-order valence-corrected chi connectivity index (χ0v) is 42.7. The van der Waals surface area contributed by atoms with E-state index in [4.69, 9.17) is 9.47 Å². The SMILES string of the molecule is CCCCC(C)(C)C(=O)OCn1ncc2cc(C[C@@H](NC(=O)N3CCC(c4cc5ccccc5n(COC(=O)C(C)(C)CCCC)c4=O)CC3)C(=O)N3CCN(C4CCN(C)CC4)CC3)cc(C)c21. The molecule has 7 rings (SSSR count). The van der Waals surface area contributed by atoms with Gasteiger partial charge in [0.15, 0.2) is 13.5 Å². The Bertz CT molecular complexity index is 2490. The summed E-state index contributed by atoms with van der Waals surface area (Å²) < 4.78 is 14.9. The number of benzene rings is 2. The van der Waals surface area contributed by atoms with Crippen LogP contribution in [0.15, 0.2) is 53.5 Å². The topological polar surface area (TPSA) is 152 Å². The fourth-order valence-corrected chi connectivity index (χ4v) is 10.5. The molecule has 0 saturated carbocycles. The molecule has 0 unspecified atom stereocenters. The van der Waals surface area contributed by atoms with Crippen molar-refractivity contribution >= 4 is 45.7 Å². The van der Waals surface area contributed by atoms with Gasteiger partial charge < -0.3 is 29.5 Å². The van der Waals surface area contributed by atoms with Crippen LogP contribution >= 0.6 is 0 Å². The molecule has 1 N–H and O–H groups in total. The number of carbonyl (C=O) groups is 4. The van der Waals surface area contributed by atoms with E-state index in [-0.39, 0.29) is 55.2 Å². The lowest BCUT2D eigenvalue weighted by Crippen LogP contribution is -2.59. The third-order valence-corrected chi connectivity index (χ3v) is 15.2. The number of esters is 2. The number of nitrogens with one attached hydrogen (secondary N) is 1. The first-order chi connectivity index (χ1) is 33.0. The zero-order valence-electron chi connectivity index (χ0n) is 42.7. The Labute approximate surface area is 408 Å². The van der Waals surface area contributed by atoms with Gasteiger partial charge in [0.1, 0.15) is 6.04 Å². The first-order valence-corrected chi connectivity index (χ1v) is 25.7. The number of carbonyl (C=O) groups excluding carboxylic acids is 4. The molecule has 0 radical (unpaired) electrons. The van der Waals surface area contributed by atoms with Crippen molar-refractivity contribution in [2.45, 2.75) is 151 Å². The second kappa shape index (κ2) is 22.6. The van der Waals surface area contributed by atoms with Crippen molar-refractivity contribution in [2.75, 3.05) is 59.4 Å². The Kier molecular flexibility index (Phi) is 16.9. The molecule has 15 heteroatoms. The van der Waals surface area contributed by atoms with Crippen molar-refractivity contribution in [3.8, 4) is 0 Å². The highest BCUT2D eigenvalue weighted by Crippen LogP contribution is 2.31. The van der Waals surface area contributed by atoms with Crippen molar-refractivity contribution in [3.63, 3.8) is 0 Å². The predicted octanol–water partition coefficient (Wildman–Crippen LogP) is 7.83. The molecule has 4 aromatic rings. The smallest absolute Gasteiger partial charge is 0.318 e. The van der Waals surface area contributed by atoms with E-state index in [0.29, 0.717) is 62.6 Å². The number of aromatic nitrogens is 3. The van der Waals surface area contributed by atoms with Gasteiger partial charge in [0.2, 0.25) is 5.91 Å². The summed E-state index contributed by atoms with van der Waals surface area (Å²) in [4.78, 5) is 78.0. The van der Waals surface area contributed by atoms with Gasteiger partial charge in [-0.1, -0.05) is 63.8 Å². The second-order valence-corrected chi connectivity index (χ2v) is 21.3. The van der Waals surface area contributed by atoms with Gasteiger partial charge in [-0.3, -0.25) is 28.6 Å². The molecular formula is C54H78N8O7. The van der Waals surface area contributed by atoms with Gasteiger partial charge >= 0.3 is 18.0 Å². The van der Waals surface area contributed by atoms with Gasteiger partial charge in [-0.05, 0) is 134 Å². The van der Waals surface area contributed by atoms with Crippen LogP contribution < -0.4 is 10.9 Å². The van der Waals surface area contributed by atoms with Crippen molar-refractivity contribution in [2.24, 2.45) is 10.8 Å². The minimum absolute atomic E-state index is 0.000426. The highest BCUT2D eigenvalue weighted by molar-refractivity contribution is 5.88. The number of amides is 3. The van der Waals surface area contributed by atoms with Crippen molar-refractivity contribution in [1.29, 1.82) is 0 Å². The zero-order chi connectivity index (χ0) is 49.5. The van der Waals surface area contributed by atoms with Gasteiger partial charge in [0.05, 0.1) is 28.1 Å². The summed E-state index contributed by atoms with van der Waals surface area (Å²) in [5.74, 6) is -0.791. The van der Waals surface area contributed by atoms with Crippen LogP contribution in [0.1, 0.15) is 128 Å². The standard InChI is InChI=1S/C54H78N8O7/c1-9-11-21-53(4,5)50(65)68-36-61-46-16-14-13-15-41(46)34-44(48(61)63)40-17-25-60(26-18-40)52(67)56-45(49(64)59-29-27-58(28-30-59)43-19-23-57(8)24-20-43)33-39-31-38(3)47-42(32-39)35-55-62(47)37-69-51(66)54(6,7)22-12-10-2/h13-16,31-32,34-35,40,43,45H,9-12,17-30,33,36-37H2,1-8H3,(H,56,67)/t45-/m1/s1. The third kappa shape index (κ3) is 12.4. The molecule has 69 heavy (non-hydrogen) atoms. The fraction of sp³-hybridized carbons (Fsp3) is 0.630. The van der Waals surface area contributed by atoms with Gasteiger partial charge in [0.25, 0.3) is 5.56 Å². The van der Waals surface area contributed by atoms with E-state index in [1.807, 2.05) is 82.0 Å². The average Bonchev–Trinajstić information content (AvgIpc) is 3.77. The largest absolute Gasteiger partial charge is 0.443 e. The number of pyridine rings is 1. The average molecular weight is 951 g/mol.